The highest BCUT2D eigenvalue weighted by molar-refractivity contribution is 7.09. The Hall–Kier alpha value is -3.84. The summed E-state index contributed by atoms with van der Waals surface area (Å²) in [7, 11) is 1.80. The van der Waals surface area contributed by atoms with Gasteiger partial charge in [-0.1, -0.05) is 36.4 Å². The molecule has 0 saturated carbocycles. The molecule has 0 aliphatic rings. The molecule has 0 saturated heterocycles. The first-order valence-electron chi connectivity index (χ1n) is 10.2. The van der Waals surface area contributed by atoms with Gasteiger partial charge in [-0.15, -0.1) is 0 Å². The third kappa shape index (κ3) is 3.67. The molecule has 0 bridgehead atoms. The number of hydrogen-bond donors (Lipinski definition) is 1. The Balaban J connectivity index is 1.53. The van der Waals surface area contributed by atoms with Crippen LogP contribution in [0.4, 0.5) is 11.6 Å². The van der Waals surface area contributed by atoms with Gasteiger partial charge in [-0.3, -0.25) is 9.78 Å². The van der Waals surface area contributed by atoms with E-state index in [4.69, 9.17) is 0 Å². The van der Waals surface area contributed by atoms with Crippen LogP contribution in [0.3, 0.4) is 0 Å². The number of pyridine rings is 2. The first-order chi connectivity index (χ1) is 15.5. The molecule has 7 heteroatoms. The zero-order chi connectivity index (χ0) is 22.2. The van der Waals surface area contributed by atoms with Gasteiger partial charge < -0.3 is 9.88 Å². The van der Waals surface area contributed by atoms with Crippen LogP contribution in [-0.4, -0.2) is 18.9 Å². The Labute approximate surface area is 189 Å². The Morgan fingerprint density at radius 2 is 1.78 bits per heavy atom. The monoisotopic (exact) mass is 439 g/mol. The predicted molar refractivity (Wildman–Crippen MR) is 131 cm³/mol. The van der Waals surface area contributed by atoms with Crippen molar-refractivity contribution in [2.45, 2.75) is 13.8 Å². The summed E-state index contributed by atoms with van der Waals surface area (Å²) in [4.78, 5) is 22.2. The maximum absolute atomic E-state index is 13.2. The van der Waals surface area contributed by atoms with E-state index in [0.29, 0.717) is 11.5 Å². The third-order valence-corrected chi connectivity index (χ3v) is 6.24. The van der Waals surface area contributed by atoms with Gasteiger partial charge in [0.1, 0.15) is 5.01 Å². The lowest BCUT2D eigenvalue weighted by Gasteiger charge is -2.13. The van der Waals surface area contributed by atoms with Gasteiger partial charge in [0.05, 0.1) is 5.52 Å². The summed E-state index contributed by atoms with van der Waals surface area (Å²) in [6.45, 7) is 3.93. The lowest BCUT2D eigenvalue weighted by atomic mass is 9.99. The SMILES string of the molecule is Cc1cc2c(cn1)cc(-c1cc(Nc3nsc(-c4ccccc4)n3)ccc1C)c(=O)n2C. The summed E-state index contributed by atoms with van der Waals surface area (Å²) in [6.07, 6.45) is 1.81. The van der Waals surface area contributed by atoms with Crippen LogP contribution < -0.4 is 10.9 Å². The second-order valence-corrected chi connectivity index (χ2v) is 8.50. The maximum Gasteiger partial charge on any atom is 0.258 e. The molecule has 0 amide bonds. The first kappa shape index (κ1) is 20.1. The molecule has 158 valence electrons. The van der Waals surface area contributed by atoms with E-state index < -0.39 is 0 Å². The van der Waals surface area contributed by atoms with Crippen LogP contribution in [0, 0.1) is 13.8 Å². The van der Waals surface area contributed by atoms with E-state index in [1.165, 1.54) is 11.5 Å². The highest BCUT2D eigenvalue weighted by atomic mass is 32.1. The molecule has 3 aromatic heterocycles. The molecule has 0 fully saturated rings. The second kappa shape index (κ2) is 8.01. The molecule has 0 aliphatic heterocycles. The van der Waals surface area contributed by atoms with Gasteiger partial charge in [-0.05, 0) is 60.8 Å². The van der Waals surface area contributed by atoms with Gasteiger partial charge in [0, 0.05) is 41.1 Å². The first-order valence-corrected chi connectivity index (χ1v) is 11.0. The average Bonchev–Trinajstić information content (AvgIpc) is 3.27. The summed E-state index contributed by atoms with van der Waals surface area (Å²) in [6, 6.07) is 19.8. The minimum absolute atomic E-state index is 0.0403. The van der Waals surface area contributed by atoms with Crippen molar-refractivity contribution in [2.75, 3.05) is 5.32 Å². The van der Waals surface area contributed by atoms with Crippen LogP contribution in [0.1, 0.15) is 11.3 Å². The standard InChI is InChI=1S/C25H21N5OS/c1-15-9-10-19(27-25-28-23(32-29-25)17-7-5-4-6-8-17)13-20(15)21-12-18-14-26-16(2)11-22(18)30(3)24(21)31/h4-14H,1-3H3,(H,27,29). The van der Waals surface area contributed by atoms with Gasteiger partial charge in [0.2, 0.25) is 5.95 Å². The van der Waals surface area contributed by atoms with Crippen LogP contribution in [0.5, 0.6) is 0 Å². The molecule has 5 rings (SSSR count). The molecule has 0 radical (unpaired) electrons. The number of nitrogens with zero attached hydrogens (tertiary/aromatic N) is 4. The fourth-order valence-corrected chi connectivity index (χ4v) is 4.38. The fraction of sp³-hybridized carbons (Fsp3) is 0.120. The lowest BCUT2D eigenvalue weighted by Crippen LogP contribution is -2.19. The van der Waals surface area contributed by atoms with Crippen molar-refractivity contribution in [2.24, 2.45) is 7.05 Å². The highest BCUT2D eigenvalue weighted by Gasteiger charge is 2.13. The van der Waals surface area contributed by atoms with Crippen molar-refractivity contribution in [3.63, 3.8) is 0 Å². The van der Waals surface area contributed by atoms with Crippen molar-refractivity contribution in [3.8, 4) is 21.7 Å². The van der Waals surface area contributed by atoms with Crippen LogP contribution >= 0.6 is 11.5 Å². The maximum atomic E-state index is 13.2. The number of aromatic nitrogens is 4. The van der Waals surface area contributed by atoms with Crippen molar-refractivity contribution in [1.29, 1.82) is 0 Å². The number of benzene rings is 2. The molecule has 5 aromatic rings. The van der Waals surface area contributed by atoms with Crippen molar-refractivity contribution < 1.29 is 0 Å². The normalized spacial score (nSPS) is 11.1. The minimum atomic E-state index is -0.0403. The Morgan fingerprint density at radius 3 is 2.59 bits per heavy atom. The fourth-order valence-electron chi connectivity index (χ4n) is 3.75. The molecular formula is C25H21N5OS. The minimum Gasteiger partial charge on any atom is -0.323 e. The summed E-state index contributed by atoms with van der Waals surface area (Å²) in [5.41, 5.74) is 6.11. The quantitative estimate of drug-likeness (QED) is 0.401. The van der Waals surface area contributed by atoms with Crippen LogP contribution in [0.25, 0.3) is 32.6 Å². The molecule has 3 heterocycles. The van der Waals surface area contributed by atoms with Crippen molar-refractivity contribution in [3.05, 3.63) is 88.5 Å². The van der Waals surface area contributed by atoms with E-state index in [0.717, 1.165) is 44.0 Å². The summed E-state index contributed by atoms with van der Waals surface area (Å²) >= 11 is 1.35. The Bertz CT molecular complexity index is 1500. The molecule has 1 N–H and O–H groups in total. The molecular weight excluding hydrogens is 418 g/mol. The van der Waals surface area contributed by atoms with E-state index in [1.54, 1.807) is 11.6 Å². The summed E-state index contributed by atoms with van der Waals surface area (Å²) in [5, 5.41) is 5.06. The summed E-state index contributed by atoms with van der Waals surface area (Å²) in [5.74, 6) is 0.537. The molecule has 0 unspecified atom stereocenters. The van der Waals surface area contributed by atoms with Crippen LogP contribution in [0.2, 0.25) is 0 Å². The van der Waals surface area contributed by atoms with Gasteiger partial charge in [-0.25, -0.2) is 0 Å². The topological polar surface area (TPSA) is 72.7 Å². The lowest BCUT2D eigenvalue weighted by molar-refractivity contribution is 0.905. The molecule has 0 atom stereocenters. The zero-order valence-electron chi connectivity index (χ0n) is 18.0. The van der Waals surface area contributed by atoms with Gasteiger partial charge in [-0.2, -0.15) is 9.36 Å². The molecule has 0 aliphatic carbocycles. The van der Waals surface area contributed by atoms with E-state index in [9.17, 15) is 4.79 Å². The van der Waals surface area contributed by atoms with Crippen LogP contribution in [0.15, 0.2) is 71.7 Å². The second-order valence-electron chi connectivity index (χ2n) is 7.75. The van der Waals surface area contributed by atoms with E-state index in [-0.39, 0.29) is 5.56 Å². The number of anilines is 2. The smallest absolute Gasteiger partial charge is 0.258 e. The van der Waals surface area contributed by atoms with Crippen molar-refractivity contribution in [1.82, 2.24) is 18.9 Å². The number of aryl methyl sites for hydroxylation is 3. The van der Waals surface area contributed by atoms with E-state index in [1.807, 2.05) is 80.7 Å². The van der Waals surface area contributed by atoms with Gasteiger partial charge >= 0.3 is 0 Å². The molecule has 6 nitrogen and oxygen atoms in total. The Kier molecular flexibility index (Phi) is 5.03. The average molecular weight is 440 g/mol. The molecule has 2 aromatic carbocycles. The van der Waals surface area contributed by atoms with Crippen molar-refractivity contribution >= 4 is 34.1 Å². The third-order valence-electron chi connectivity index (χ3n) is 5.48. The number of fused-ring (bicyclic) bond motifs is 1. The summed E-state index contributed by atoms with van der Waals surface area (Å²) < 4.78 is 6.13. The van der Waals surface area contributed by atoms with Gasteiger partial charge in [0.15, 0.2) is 0 Å². The molecule has 0 spiro atoms. The number of hydrogen-bond acceptors (Lipinski definition) is 6. The highest BCUT2D eigenvalue weighted by Crippen LogP contribution is 2.29. The number of rotatable bonds is 4. The van der Waals surface area contributed by atoms with Gasteiger partial charge in [0.25, 0.3) is 5.56 Å². The largest absolute Gasteiger partial charge is 0.323 e. The van der Waals surface area contributed by atoms with Crippen LogP contribution in [-0.2, 0) is 7.05 Å². The Morgan fingerprint density at radius 1 is 0.969 bits per heavy atom. The van der Waals surface area contributed by atoms with E-state index in [2.05, 4.69) is 19.7 Å². The molecule has 32 heavy (non-hydrogen) atoms. The zero-order valence-corrected chi connectivity index (χ0v) is 18.8. The number of nitrogens with one attached hydrogen (secondary N) is 1. The predicted octanol–water partition coefficient (Wildman–Crippen LogP) is 5.48. The van der Waals surface area contributed by atoms with E-state index >= 15 is 0 Å².